The first-order valence-corrected chi connectivity index (χ1v) is 1.19. The summed E-state index contributed by atoms with van der Waals surface area (Å²) < 4.78 is 0. The summed E-state index contributed by atoms with van der Waals surface area (Å²) in [4.78, 5) is 9.24. The molecule has 5 heavy (non-hydrogen) atoms. The summed E-state index contributed by atoms with van der Waals surface area (Å²) in [6.45, 7) is 0. The molecular formula is CH4BNO2. The van der Waals surface area contributed by atoms with Gasteiger partial charge in [0, 0.05) is 0 Å². The van der Waals surface area contributed by atoms with Crippen molar-refractivity contribution < 1.29 is 9.90 Å². The van der Waals surface area contributed by atoms with Crippen LogP contribution in [-0.2, 0) is 0 Å². The van der Waals surface area contributed by atoms with Gasteiger partial charge in [-0.1, -0.05) is 0 Å². The molecule has 0 radical (unpaired) electrons. The van der Waals surface area contributed by atoms with Crippen LogP contribution in [0.3, 0.4) is 0 Å². The van der Waals surface area contributed by atoms with Crippen molar-refractivity contribution in [3.05, 3.63) is 0 Å². The second kappa shape index (κ2) is 1.78. The van der Waals surface area contributed by atoms with Crippen LogP contribution >= 0.6 is 0 Å². The Labute approximate surface area is 30.0 Å². The molecule has 3 nitrogen and oxygen atoms in total. The molecule has 0 aliphatic rings. The average Bonchev–Trinajstić information content (AvgIpc) is 1.38. The van der Waals surface area contributed by atoms with Gasteiger partial charge in [0.1, 0.15) is 0 Å². The van der Waals surface area contributed by atoms with Crippen LogP contribution in [0, 0.1) is 0 Å². The summed E-state index contributed by atoms with van der Waals surface area (Å²) in [5, 5.41) is 7.60. The van der Waals surface area contributed by atoms with Crippen LogP contribution in [0.5, 0.6) is 0 Å². The van der Waals surface area contributed by atoms with E-state index in [1.807, 2.05) is 0 Å². The predicted octanol–water partition coefficient (Wildman–Crippen LogP) is -1.03. The van der Waals surface area contributed by atoms with E-state index in [-0.39, 0.29) is 7.41 Å². The minimum Gasteiger partial charge on any atom is -0.488 e. The maximum atomic E-state index is 9.24. The van der Waals surface area contributed by atoms with Gasteiger partial charge in [-0.25, -0.2) is 0 Å². The highest BCUT2D eigenvalue weighted by atomic mass is 16.4. The Morgan fingerprint density at radius 2 is 2.20 bits per heavy atom. The molecule has 0 aromatic rings. The number of carbonyl (C=O) groups is 1. The molecule has 0 saturated heterocycles. The summed E-state index contributed by atoms with van der Waals surface area (Å²) in [6, 6.07) is 0. The van der Waals surface area contributed by atoms with E-state index < -0.39 is 5.87 Å². The molecule has 0 aliphatic carbocycles. The third-order valence-electron chi connectivity index (χ3n) is 0.175. The van der Waals surface area contributed by atoms with E-state index in [1.54, 1.807) is 0 Å². The van der Waals surface area contributed by atoms with E-state index in [1.165, 1.54) is 0 Å². The summed E-state index contributed by atoms with van der Waals surface area (Å²) in [5.74, 6) is -0.968. The predicted molar refractivity (Wildman–Crippen MR) is 19.4 cm³/mol. The Bertz CT molecular complexity index is 44.9. The highest BCUT2D eigenvalue weighted by Crippen LogP contribution is 1.48. The summed E-state index contributed by atoms with van der Waals surface area (Å²) in [7, 11) is -0.278. The molecule has 0 bridgehead atoms. The molecule has 28 valence electrons. The van der Waals surface area contributed by atoms with Gasteiger partial charge in [0.2, 0.25) is 0 Å². The van der Waals surface area contributed by atoms with Crippen molar-refractivity contribution in [2.24, 2.45) is 5.64 Å². The molecular weight excluding hydrogens is 68.8 g/mol. The zero-order valence-corrected chi connectivity index (χ0v) is 2.64. The molecule has 0 aliphatic heterocycles. The molecule has 0 heterocycles. The normalized spacial score (nSPS) is 6.60. The van der Waals surface area contributed by atoms with E-state index in [2.05, 4.69) is 5.64 Å². The minimum absolute atomic E-state index is 0.278. The number of hydrogen-bond donors (Lipinski definition) is 2. The first-order chi connectivity index (χ1) is 2.27. The molecule has 4 heteroatoms. The van der Waals surface area contributed by atoms with Crippen molar-refractivity contribution in [2.45, 2.75) is 0 Å². The zero-order valence-electron chi connectivity index (χ0n) is 2.64. The van der Waals surface area contributed by atoms with E-state index in [9.17, 15) is 4.79 Å². The Hall–Kier alpha value is -0.505. The van der Waals surface area contributed by atoms with E-state index in [4.69, 9.17) is 5.11 Å². The van der Waals surface area contributed by atoms with Crippen molar-refractivity contribution in [1.29, 1.82) is 0 Å². The molecule has 0 atom stereocenters. The summed E-state index contributed by atoms with van der Waals surface area (Å²) >= 11 is 0. The van der Waals surface area contributed by atoms with Gasteiger partial charge in [0.25, 0.3) is 5.87 Å². The lowest BCUT2D eigenvalue weighted by Crippen LogP contribution is -2.15. The van der Waals surface area contributed by atoms with Crippen molar-refractivity contribution in [3.63, 3.8) is 0 Å². The second-order valence-corrected chi connectivity index (χ2v) is 0.598. The molecule has 0 spiro atoms. The molecule has 3 N–H and O–H groups in total. The largest absolute Gasteiger partial charge is 0.488 e. The topological polar surface area (TPSA) is 63.3 Å². The fraction of sp³-hybridized carbons (Fsp3) is 0. The maximum Gasteiger partial charge on any atom is 0.335 e. The molecule has 0 aromatic heterocycles. The van der Waals surface area contributed by atoms with E-state index in [0.717, 1.165) is 0 Å². The van der Waals surface area contributed by atoms with Crippen LogP contribution in [0.1, 0.15) is 0 Å². The van der Waals surface area contributed by atoms with Gasteiger partial charge in [0.05, 0.1) is 0 Å². The summed E-state index contributed by atoms with van der Waals surface area (Å²) in [6.07, 6.45) is 0. The first kappa shape index (κ1) is 4.49. The fourth-order valence-electron chi connectivity index (χ4n) is 0. The minimum atomic E-state index is -0.968. The van der Waals surface area contributed by atoms with Gasteiger partial charge >= 0.3 is 7.41 Å². The highest BCUT2D eigenvalue weighted by Gasteiger charge is 1.86. The lowest BCUT2D eigenvalue weighted by Gasteiger charge is -1.69. The van der Waals surface area contributed by atoms with Gasteiger partial charge < -0.3 is 10.8 Å². The van der Waals surface area contributed by atoms with Crippen molar-refractivity contribution >= 4 is 13.3 Å². The molecule has 0 unspecified atom stereocenters. The summed E-state index contributed by atoms with van der Waals surface area (Å²) in [5.41, 5.74) is 4.57. The van der Waals surface area contributed by atoms with Crippen LogP contribution in [0.25, 0.3) is 0 Å². The third kappa shape index (κ3) is 3.49. The Balaban J connectivity index is 2.85. The lowest BCUT2D eigenvalue weighted by atomic mass is 10.00. The smallest absolute Gasteiger partial charge is 0.335 e. The SMILES string of the molecule is NBC(=O)O. The molecule has 0 fully saturated rings. The van der Waals surface area contributed by atoms with E-state index >= 15 is 0 Å². The highest BCUT2D eigenvalue weighted by molar-refractivity contribution is 6.68. The average molecular weight is 72.9 g/mol. The van der Waals surface area contributed by atoms with E-state index in [0.29, 0.717) is 0 Å². The molecule has 0 amide bonds. The number of hydrogen-bond acceptors (Lipinski definition) is 2. The van der Waals surface area contributed by atoms with Crippen LogP contribution in [-0.4, -0.2) is 18.4 Å². The Morgan fingerprint density at radius 1 is 2.00 bits per heavy atom. The quantitative estimate of drug-likeness (QED) is 0.390. The van der Waals surface area contributed by atoms with Gasteiger partial charge in [0.15, 0.2) is 0 Å². The lowest BCUT2D eigenvalue weighted by molar-refractivity contribution is 0.219. The third-order valence-corrected chi connectivity index (χ3v) is 0.175. The Morgan fingerprint density at radius 3 is 2.20 bits per heavy atom. The molecule has 0 saturated carbocycles. The van der Waals surface area contributed by atoms with Gasteiger partial charge in [-0.2, -0.15) is 0 Å². The van der Waals surface area contributed by atoms with Crippen molar-refractivity contribution in [2.75, 3.05) is 0 Å². The van der Waals surface area contributed by atoms with Gasteiger partial charge in [-0.05, 0) is 0 Å². The molecule has 0 aromatic carbocycles. The van der Waals surface area contributed by atoms with Gasteiger partial charge in [-0.3, -0.25) is 4.79 Å². The number of nitrogens with two attached hydrogens (primary N) is 1. The van der Waals surface area contributed by atoms with Crippen LogP contribution in [0.2, 0.25) is 0 Å². The fourth-order valence-corrected chi connectivity index (χ4v) is 0. The molecule has 0 rings (SSSR count). The van der Waals surface area contributed by atoms with Crippen LogP contribution < -0.4 is 5.64 Å². The number of carboxylic acid groups (broad SMARTS) is 1. The number of rotatable bonds is 1. The van der Waals surface area contributed by atoms with Crippen molar-refractivity contribution in [1.82, 2.24) is 0 Å². The monoisotopic (exact) mass is 73.0 g/mol. The standard InChI is InChI=1S/CH4BNO2/c3-2-1(4)5/h2H,3H2,(H,4,5). The van der Waals surface area contributed by atoms with Crippen LogP contribution in [0.15, 0.2) is 0 Å². The zero-order chi connectivity index (χ0) is 4.28. The van der Waals surface area contributed by atoms with Gasteiger partial charge in [-0.15, -0.1) is 0 Å². The Kier molecular flexibility index (Phi) is 1.60. The second-order valence-electron chi connectivity index (χ2n) is 0.598. The maximum absolute atomic E-state index is 9.24. The first-order valence-electron chi connectivity index (χ1n) is 1.19. The van der Waals surface area contributed by atoms with Crippen molar-refractivity contribution in [3.8, 4) is 0 Å². The van der Waals surface area contributed by atoms with Crippen LogP contribution in [0.4, 0.5) is 4.79 Å².